The summed E-state index contributed by atoms with van der Waals surface area (Å²) in [5, 5.41) is 11.6. The van der Waals surface area contributed by atoms with Gasteiger partial charge in [-0.15, -0.1) is 15.3 Å². The molecule has 90 valence electrons. The van der Waals surface area contributed by atoms with E-state index >= 15 is 0 Å². The second-order valence-corrected chi connectivity index (χ2v) is 3.32. The molecule has 2 aromatic rings. The minimum atomic E-state index is -0.698. The number of ether oxygens (including phenoxy) is 2. The SMILES string of the molecule is CCOC(=O)C(C)Oc1ccc2nncn2n1. The van der Waals surface area contributed by atoms with E-state index in [9.17, 15) is 4.79 Å². The van der Waals surface area contributed by atoms with Gasteiger partial charge in [0.25, 0.3) is 0 Å². The summed E-state index contributed by atoms with van der Waals surface area (Å²) in [5.74, 6) is -0.101. The van der Waals surface area contributed by atoms with Gasteiger partial charge in [-0.3, -0.25) is 0 Å². The summed E-state index contributed by atoms with van der Waals surface area (Å²) in [5.41, 5.74) is 0.612. The van der Waals surface area contributed by atoms with Gasteiger partial charge in [0.1, 0.15) is 6.33 Å². The number of carbonyl (C=O) groups excluding carboxylic acids is 1. The molecule has 0 bridgehead atoms. The van der Waals surface area contributed by atoms with Crippen LogP contribution in [0.3, 0.4) is 0 Å². The highest BCUT2D eigenvalue weighted by molar-refractivity contribution is 5.74. The fourth-order valence-corrected chi connectivity index (χ4v) is 1.26. The topological polar surface area (TPSA) is 78.6 Å². The van der Waals surface area contributed by atoms with Gasteiger partial charge in [-0.05, 0) is 19.9 Å². The zero-order chi connectivity index (χ0) is 12.3. The lowest BCUT2D eigenvalue weighted by Gasteiger charge is -2.11. The Hall–Kier alpha value is -2.18. The Kier molecular flexibility index (Phi) is 3.17. The monoisotopic (exact) mass is 236 g/mol. The maximum Gasteiger partial charge on any atom is 0.347 e. The first-order chi connectivity index (χ1) is 8.20. The lowest BCUT2D eigenvalue weighted by molar-refractivity contribution is -0.150. The molecule has 0 radical (unpaired) electrons. The fourth-order valence-electron chi connectivity index (χ4n) is 1.26. The minimum absolute atomic E-state index is 0.317. The smallest absolute Gasteiger partial charge is 0.347 e. The molecule has 7 nitrogen and oxygen atoms in total. The van der Waals surface area contributed by atoms with Crippen LogP contribution >= 0.6 is 0 Å². The molecule has 0 N–H and O–H groups in total. The van der Waals surface area contributed by atoms with Crippen molar-refractivity contribution in [2.75, 3.05) is 6.61 Å². The van der Waals surface area contributed by atoms with Gasteiger partial charge in [0, 0.05) is 6.07 Å². The van der Waals surface area contributed by atoms with Crippen LogP contribution in [0.2, 0.25) is 0 Å². The Morgan fingerprint density at radius 3 is 3.12 bits per heavy atom. The maximum atomic E-state index is 11.4. The van der Waals surface area contributed by atoms with Crippen molar-refractivity contribution in [2.24, 2.45) is 0 Å². The van der Waals surface area contributed by atoms with Crippen LogP contribution in [0.1, 0.15) is 13.8 Å². The number of hydrogen-bond donors (Lipinski definition) is 0. The molecule has 17 heavy (non-hydrogen) atoms. The van der Waals surface area contributed by atoms with E-state index in [1.54, 1.807) is 26.0 Å². The molecular formula is C10H12N4O3. The normalized spacial score (nSPS) is 12.4. The highest BCUT2D eigenvalue weighted by Gasteiger charge is 2.16. The van der Waals surface area contributed by atoms with Crippen LogP contribution in [-0.2, 0) is 9.53 Å². The average molecular weight is 236 g/mol. The Morgan fingerprint density at radius 1 is 1.53 bits per heavy atom. The van der Waals surface area contributed by atoms with E-state index in [1.165, 1.54) is 10.8 Å². The Bertz CT molecular complexity index is 525. The molecule has 0 saturated carbocycles. The summed E-state index contributed by atoms with van der Waals surface area (Å²) < 4.78 is 11.6. The van der Waals surface area contributed by atoms with Crippen molar-refractivity contribution in [3.05, 3.63) is 18.5 Å². The molecule has 1 unspecified atom stereocenters. The molecule has 0 aromatic carbocycles. The third-order valence-electron chi connectivity index (χ3n) is 2.05. The van der Waals surface area contributed by atoms with Gasteiger partial charge in [-0.2, -0.15) is 4.52 Å². The van der Waals surface area contributed by atoms with Crippen LogP contribution in [0.25, 0.3) is 5.65 Å². The summed E-state index contributed by atoms with van der Waals surface area (Å²) in [6.45, 7) is 3.67. The maximum absolute atomic E-state index is 11.4. The number of carbonyl (C=O) groups is 1. The van der Waals surface area contributed by atoms with Gasteiger partial charge in [0.05, 0.1) is 6.61 Å². The van der Waals surface area contributed by atoms with Crippen molar-refractivity contribution in [3.8, 4) is 5.88 Å². The zero-order valence-corrected chi connectivity index (χ0v) is 9.53. The molecule has 0 aliphatic rings. The van der Waals surface area contributed by atoms with E-state index in [0.29, 0.717) is 18.1 Å². The summed E-state index contributed by atoms with van der Waals surface area (Å²) in [4.78, 5) is 11.4. The lowest BCUT2D eigenvalue weighted by Crippen LogP contribution is -2.26. The van der Waals surface area contributed by atoms with Crippen LogP contribution in [0.15, 0.2) is 18.5 Å². The largest absolute Gasteiger partial charge is 0.463 e. The van der Waals surface area contributed by atoms with E-state index in [-0.39, 0.29) is 0 Å². The van der Waals surface area contributed by atoms with Crippen LogP contribution in [0.5, 0.6) is 5.88 Å². The van der Waals surface area contributed by atoms with Crippen LogP contribution < -0.4 is 4.74 Å². The second-order valence-electron chi connectivity index (χ2n) is 3.32. The first-order valence-electron chi connectivity index (χ1n) is 5.21. The predicted octanol–water partition coefficient (Wildman–Crippen LogP) is 0.455. The fraction of sp³-hybridized carbons (Fsp3) is 0.400. The number of hydrogen-bond acceptors (Lipinski definition) is 6. The minimum Gasteiger partial charge on any atom is -0.463 e. The van der Waals surface area contributed by atoms with Crippen molar-refractivity contribution in [2.45, 2.75) is 20.0 Å². The van der Waals surface area contributed by atoms with Crippen LogP contribution in [0.4, 0.5) is 0 Å². The Morgan fingerprint density at radius 2 is 2.35 bits per heavy atom. The standard InChI is InChI=1S/C10H12N4O3/c1-3-16-10(15)7(2)17-9-5-4-8-12-11-6-14(8)13-9/h4-7H,3H2,1-2H3. The lowest BCUT2D eigenvalue weighted by atomic mass is 10.4. The molecule has 2 rings (SSSR count). The third kappa shape index (κ3) is 2.49. The molecule has 7 heteroatoms. The van der Waals surface area contributed by atoms with Gasteiger partial charge in [0.2, 0.25) is 5.88 Å². The first kappa shape index (κ1) is 11.3. The van der Waals surface area contributed by atoms with E-state index in [0.717, 1.165) is 0 Å². The molecule has 0 aliphatic carbocycles. The number of aromatic nitrogens is 4. The number of esters is 1. The van der Waals surface area contributed by atoms with E-state index in [4.69, 9.17) is 9.47 Å². The average Bonchev–Trinajstić information content (AvgIpc) is 2.76. The molecule has 0 saturated heterocycles. The number of fused-ring (bicyclic) bond motifs is 1. The predicted molar refractivity (Wildman–Crippen MR) is 57.5 cm³/mol. The summed E-state index contributed by atoms with van der Waals surface area (Å²) in [7, 11) is 0. The molecule has 0 aliphatic heterocycles. The van der Waals surface area contributed by atoms with Crippen LogP contribution in [-0.4, -0.2) is 38.5 Å². The first-order valence-corrected chi connectivity index (χ1v) is 5.21. The van der Waals surface area contributed by atoms with Crippen molar-refractivity contribution >= 4 is 11.6 Å². The molecule has 1 atom stereocenters. The molecule has 0 fully saturated rings. The van der Waals surface area contributed by atoms with Crippen molar-refractivity contribution in [1.29, 1.82) is 0 Å². The van der Waals surface area contributed by atoms with Crippen molar-refractivity contribution < 1.29 is 14.3 Å². The summed E-state index contributed by atoms with van der Waals surface area (Å²) >= 11 is 0. The second kappa shape index (κ2) is 4.77. The zero-order valence-electron chi connectivity index (χ0n) is 9.53. The van der Waals surface area contributed by atoms with Crippen molar-refractivity contribution in [1.82, 2.24) is 19.8 Å². The molecule has 2 heterocycles. The van der Waals surface area contributed by atoms with Gasteiger partial charge in [-0.1, -0.05) is 0 Å². The molecule has 2 aromatic heterocycles. The highest BCUT2D eigenvalue weighted by Crippen LogP contribution is 2.09. The van der Waals surface area contributed by atoms with Crippen molar-refractivity contribution in [3.63, 3.8) is 0 Å². The number of nitrogens with zero attached hydrogens (tertiary/aromatic N) is 4. The van der Waals surface area contributed by atoms with E-state index in [2.05, 4.69) is 15.3 Å². The van der Waals surface area contributed by atoms with Crippen LogP contribution in [0, 0.1) is 0 Å². The summed E-state index contributed by atoms with van der Waals surface area (Å²) in [6, 6.07) is 3.33. The summed E-state index contributed by atoms with van der Waals surface area (Å²) in [6.07, 6.45) is 0.758. The number of rotatable bonds is 4. The Labute approximate surface area is 97.4 Å². The van der Waals surface area contributed by atoms with Gasteiger partial charge < -0.3 is 9.47 Å². The molecule has 0 spiro atoms. The van der Waals surface area contributed by atoms with E-state index in [1.807, 2.05) is 0 Å². The van der Waals surface area contributed by atoms with Gasteiger partial charge >= 0.3 is 5.97 Å². The highest BCUT2D eigenvalue weighted by atomic mass is 16.6. The molecule has 0 amide bonds. The van der Waals surface area contributed by atoms with Gasteiger partial charge in [0.15, 0.2) is 11.8 Å². The van der Waals surface area contributed by atoms with E-state index < -0.39 is 12.1 Å². The Balaban J connectivity index is 2.09. The molecular weight excluding hydrogens is 224 g/mol. The van der Waals surface area contributed by atoms with Gasteiger partial charge in [-0.25, -0.2) is 4.79 Å². The third-order valence-corrected chi connectivity index (χ3v) is 2.05. The quantitative estimate of drug-likeness (QED) is 0.717.